The van der Waals surface area contributed by atoms with Crippen LogP contribution in [0.15, 0.2) is 0 Å². The normalized spacial score (nSPS) is 7.64. The number of carboxylic acid groups (broad SMARTS) is 2. The van der Waals surface area contributed by atoms with E-state index < -0.39 is 23.5 Å². The minimum Gasteiger partial charge on any atom is -0.541 e. The fourth-order valence-electron chi connectivity index (χ4n) is 0.185. The number of aliphatic carboxylic acids is 2. The molecule has 0 saturated heterocycles. The van der Waals surface area contributed by atoms with Crippen molar-refractivity contribution < 1.29 is 48.3 Å². The molecule has 0 fully saturated rings. The molecule has 0 unspecified atom stereocenters. The Morgan fingerprint density at radius 3 is 1.00 bits per heavy atom. The first kappa shape index (κ1) is 12.5. The van der Waals surface area contributed by atoms with E-state index in [1.165, 1.54) is 0 Å². The van der Waals surface area contributed by atoms with Crippen LogP contribution in [-0.2, 0) is 19.2 Å². The average Bonchev–Trinajstić information content (AvgIpc) is 1.84. The predicted octanol–water partition coefficient (Wildman–Crippen LogP) is -7.37. The van der Waals surface area contributed by atoms with Crippen LogP contribution in [0.4, 0.5) is 0 Å². The van der Waals surface area contributed by atoms with Crippen LogP contribution in [0.5, 0.6) is 0 Å². The SMILES string of the molecule is O=C([O-])C(=O)C(=O)C(=O)[O-].[Li+]. The van der Waals surface area contributed by atoms with Gasteiger partial charge in [-0.25, -0.2) is 0 Å². The van der Waals surface area contributed by atoms with Crippen LogP contribution >= 0.6 is 0 Å². The van der Waals surface area contributed by atoms with E-state index in [1.807, 2.05) is 0 Å². The molecule has 0 N–H and O–H groups in total. The van der Waals surface area contributed by atoms with Crippen molar-refractivity contribution in [3.8, 4) is 0 Å². The Bertz CT molecular complexity index is 195. The molecule has 0 aliphatic carbocycles. The van der Waals surface area contributed by atoms with Gasteiger partial charge in [0.25, 0.3) is 0 Å². The van der Waals surface area contributed by atoms with E-state index in [9.17, 15) is 29.4 Å². The molecule has 54 valence electrons. The van der Waals surface area contributed by atoms with Crippen molar-refractivity contribution in [1.82, 2.24) is 0 Å². The summed E-state index contributed by atoms with van der Waals surface area (Å²) in [5.74, 6) is -8.93. The largest absolute Gasteiger partial charge is 1.00 e. The third-order valence-electron chi connectivity index (χ3n) is 0.577. The summed E-state index contributed by atoms with van der Waals surface area (Å²) in [6.45, 7) is 0. The van der Waals surface area contributed by atoms with Crippen LogP contribution in [0.2, 0.25) is 0 Å². The number of carbonyl (C=O) groups is 4. The molecule has 0 aromatic rings. The first-order chi connectivity index (χ1) is 4.46. The molecule has 0 rings (SSSR count). The van der Waals surface area contributed by atoms with Crippen LogP contribution in [0, 0.1) is 0 Å². The first-order valence-electron chi connectivity index (χ1n) is 1.97. The summed E-state index contributed by atoms with van der Waals surface area (Å²) in [6.07, 6.45) is 0. The van der Waals surface area contributed by atoms with E-state index in [4.69, 9.17) is 0 Å². The van der Waals surface area contributed by atoms with Gasteiger partial charge in [0.1, 0.15) is 11.9 Å². The molecular weight excluding hydrogens is 151 g/mol. The standard InChI is InChI=1S/C4H2O6.Li/c5-1(3(7)8)2(6)4(9)10;/h(H,7,8)(H,9,10);/q;+1/p-2. The van der Waals surface area contributed by atoms with Gasteiger partial charge < -0.3 is 19.8 Å². The topological polar surface area (TPSA) is 114 Å². The van der Waals surface area contributed by atoms with Crippen molar-refractivity contribution in [3.05, 3.63) is 0 Å². The second-order valence-corrected chi connectivity index (χ2v) is 1.23. The third-order valence-corrected chi connectivity index (χ3v) is 0.577. The van der Waals surface area contributed by atoms with E-state index in [1.54, 1.807) is 0 Å². The fourth-order valence-corrected chi connectivity index (χ4v) is 0.185. The maximum Gasteiger partial charge on any atom is 1.00 e. The van der Waals surface area contributed by atoms with Crippen molar-refractivity contribution in [2.75, 3.05) is 0 Å². The second-order valence-electron chi connectivity index (χ2n) is 1.23. The molecule has 0 spiro atoms. The van der Waals surface area contributed by atoms with E-state index in [0.29, 0.717) is 0 Å². The molecule has 0 aromatic heterocycles. The Morgan fingerprint density at radius 1 is 0.727 bits per heavy atom. The van der Waals surface area contributed by atoms with Gasteiger partial charge in [-0.2, -0.15) is 0 Å². The van der Waals surface area contributed by atoms with E-state index in [2.05, 4.69) is 0 Å². The summed E-state index contributed by atoms with van der Waals surface area (Å²) in [5, 5.41) is 18.9. The van der Waals surface area contributed by atoms with Crippen molar-refractivity contribution in [1.29, 1.82) is 0 Å². The van der Waals surface area contributed by atoms with E-state index >= 15 is 0 Å². The number of carboxylic acids is 2. The summed E-state index contributed by atoms with van der Waals surface area (Å²) >= 11 is 0. The molecule has 0 atom stereocenters. The molecule has 0 heterocycles. The monoisotopic (exact) mass is 151 g/mol. The maximum atomic E-state index is 9.85. The van der Waals surface area contributed by atoms with Gasteiger partial charge in [-0.1, -0.05) is 0 Å². The number of rotatable bonds is 3. The summed E-state index contributed by atoms with van der Waals surface area (Å²) in [7, 11) is 0. The van der Waals surface area contributed by atoms with Gasteiger partial charge in [-0.3, -0.25) is 9.59 Å². The molecule has 0 bridgehead atoms. The van der Waals surface area contributed by atoms with Gasteiger partial charge in [0.15, 0.2) is 0 Å². The van der Waals surface area contributed by atoms with Gasteiger partial charge in [-0.05, 0) is 0 Å². The Hall–Kier alpha value is -1.12. The van der Waals surface area contributed by atoms with Gasteiger partial charge in [0, 0.05) is 0 Å². The molecule has 0 saturated carbocycles. The van der Waals surface area contributed by atoms with Crippen LogP contribution in [0.1, 0.15) is 0 Å². The van der Waals surface area contributed by atoms with Gasteiger partial charge in [-0.15, -0.1) is 0 Å². The summed E-state index contributed by atoms with van der Waals surface area (Å²) in [6, 6.07) is 0. The summed E-state index contributed by atoms with van der Waals surface area (Å²) < 4.78 is 0. The number of carbonyl (C=O) groups excluding carboxylic acids is 4. The predicted molar refractivity (Wildman–Crippen MR) is 20.0 cm³/mol. The van der Waals surface area contributed by atoms with E-state index in [0.717, 1.165) is 0 Å². The molecule has 6 nitrogen and oxygen atoms in total. The van der Waals surface area contributed by atoms with Crippen molar-refractivity contribution >= 4 is 23.5 Å². The number of hydrogen-bond donors (Lipinski definition) is 0. The molecular formula is C4LiO6-. The van der Waals surface area contributed by atoms with Crippen LogP contribution in [0.3, 0.4) is 0 Å². The molecule has 0 aromatic carbocycles. The molecule has 0 aliphatic heterocycles. The minimum absolute atomic E-state index is 0. The molecule has 0 radical (unpaired) electrons. The minimum atomic E-state index is -2.35. The number of hydrogen-bond acceptors (Lipinski definition) is 6. The Kier molecular flexibility index (Phi) is 5.31. The van der Waals surface area contributed by atoms with Gasteiger partial charge in [0.2, 0.25) is 11.6 Å². The zero-order valence-electron chi connectivity index (χ0n) is 5.45. The van der Waals surface area contributed by atoms with E-state index in [-0.39, 0.29) is 18.9 Å². The summed E-state index contributed by atoms with van der Waals surface area (Å²) in [4.78, 5) is 38.6. The summed E-state index contributed by atoms with van der Waals surface area (Å²) in [5.41, 5.74) is 0. The van der Waals surface area contributed by atoms with Gasteiger partial charge in [0.05, 0.1) is 0 Å². The van der Waals surface area contributed by atoms with Crippen molar-refractivity contribution in [2.24, 2.45) is 0 Å². The van der Waals surface area contributed by atoms with Crippen LogP contribution in [0.25, 0.3) is 0 Å². The third kappa shape index (κ3) is 3.55. The molecule has 0 amide bonds. The molecule has 0 aliphatic rings. The number of ketones is 2. The Balaban J connectivity index is 0. The van der Waals surface area contributed by atoms with Crippen LogP contribution < -0.4 is 29.1 Å². The van der Waals surface area contributed by atoms with Crippen molar-refractivity contribution in [3.63, 3.8) is 0 Å². The first-order valence-corrected chi connectivity index (χ1v) is 1.97. The quantitative estimate of drug-likeness (QED) is 0.225. The number of Topliss-reactive ketones (excluding diaryl/α,β-unsaturated/α-hetero) is 2. The van der Waals surface area contributed by atoms with Crippen LogP contribution in [-0.4, -0.2) is 23.5 Å². The molecule has 7 heteroatoms. The zero-order chi connectivity index (χ0) is 8.31. The van der Waals surface area contributed by atoms with Crippen molar-refractivity contribution in [2.45, 2.75) is 0 Å². The second kappa shape index (κ2) is 4.66. The molecule has 11 heavy (non-hydrogen) atoms. The maximum absolute atomic E-state index is 9.85. The Morgan fingerprint density at radius 2 is 0.909 bits per heavy atom. The average molecular weight is 151 g/mol. The zero-order valence-corrected chi connectivity index (χ0v) is 5.45. The van der Waals surface area contributed by atoms with Gasteiger partial charge >= 0.3 is 18.9 Å². The Labute approximate surface area is 72.4 Å². The smallest absolute Gasteiger partial charge is 0.541 e. The fraction of sp³-hybridized carbons (Fsp3) is 0.